The number of benzene rings is 1. The highest BCUT2D eigenvalue weighted by Crippen LogP contribution is 2.20. The number of carbonyl (C=O) groups excluding carboxylic acids is 1. The van der Waals surface area contributed by atoms with Crippen LogP contribution in [0.4, 0.5) is 0 Å². The van der Waals surface area contributed by atoms with Crippen LogP contribution in [-0.4, -0.2) is 18.9 Å². The Morgan fingerprint density at radius 3 is 2.47 bits per heavy atom. The van der Waals surface area contributed by atoms with Crippen LogP contribution in [0.1, 0.15) is 22.8 Å². The molecule has 1 aromatic carbocycles. The van der Waals surface area contributed by atoms with E-state index in [9.17, 15) is 13.2 Å². The number of aryl methyl sites for hydroxylation is 1. The quantitative estimate of drug-likeness (QED) is 0.741. The SMILES string of the molecule is CCc1cccc(C(N)=O)c1S(=O)(=O)O. The molecule has 82 valence electrons. The van der Waals surface area contributed by atoms with Crippen LogP contribution in [0.15, 0.2) is 23.1 Å². The van der Waals surface area contributed by atoms with Gasteiger partial charge in [0, 0.05) is 0 Å². The highest BCUT2D eigenvalue weighted by atomic mass is 32.2. The van der Waals surface area contributed by atoms with Crippen LogP contribution in [0.3, 0.4) is 0 Å². The normalized spacial score (nSPS) is 11.3. The van der Waals surface area contributed by atoms with Crippen LogP contribution in [0.25, 0.3) is 0 Å². The van der Waals surface area contributed by atoms with Crippen molar-refractivity contribution in [1.29, 1.82) is 0 Å². The standard InChI is InChI=1S/C9H11NO4S/c1-2-6-4-3-5-7(9(10)11)8(6)15(12,13)14/h3-5H,2H2,1H3,(H2,10,11)(H,12,13,14). The number of amides is 1. The average Bonchev–Trinajstić information content (AvgIpc) is 2.15. The van der Waals surface area contributed by atoms with Gasteiger partial charge in [0.2, 0.25) is 5.91 Å². The summed E-state index contributed by atoms with van der Waals surface area (Å²) in [5.41, 5.74) is 5.21. The Morgan fingerprint density at radius 2 is 2.07 bits per heavy atom. The summed E-state index contributed by atoms with van der Waals surface area (Å²) < 4.78 is 31.2. The van der Waals surface area contributed by atoms with Crippen molar-refractivity contribution < 1.29 is 17.8 Å². The van der Waals surface area contributed by atoms with E-state index >= 15 is 0 Å². The first-order valence-electron chi connectivity index (χ1n) is 4.27. The molecule has 0 aliphatic rings. The predicted octanol–water partition coefficient (Wildman–Crippen LogP) is 0.595. The molecule has 0 spiro atoms. The molecule has 6 heteroatoms. The lowest BCUT2D eigenvalue weighted by atomic mass is 10.1. The molecule has 0 unspecified atom stereocenters. The Bertz CT molecular complexity index is 493. The highest BCUT2D eigenvalue weighted by Gasteiger charge is 2.21. The van der Waals surface area contributed by atoms with Gasteiger partial charge in [0.05, 0.1) is 5.56 Å². The zero-order valence-corrected chi connectivity index (χ0v) is 8.91. The van der Waals surface area contributed by atoms with Crippen LogP contribution < -0.4 is 5.73 Å². The molecular formula is C9H11NO4S. The highest BCUT2D eigenvalue weighted by molar-refractivity contribution is 7.86. The summed E-state index contributed by atoms with van der Waals surface area (Å²) in [5.74, 6) is -0.877. The van der Waals surface area contributed by atoms with Gasteiger partial charge in [0.25, 0.3) is 10.1 Å². The third-order valence-corrected chi connectivity index (χ3v) is 3.00. The van der Waals surface area contributed by atoms with Crippen LogP contribution in [0, 0.1) is 0 Å². The molecule has 0 radical (unpaired) electrons. The van der Waals surface area contributed by atoms with Crippen molar-refractivity contribution in [2.75, 3.05) is 0 Å². The summed E-state index contributed by atoms with van der Waals surface area (Å²) in [6.07, 6.45) is 0.385. The van der Waals surface area contributed by atoms with Crippen molar-refractivity contribution in [1.82, 2.24) is 0 Å². The van der Waals surface area contributed by atoms with E-state index in [2.05, 4.69) is 0 Å². The minimum absolute atomic E-state index is 0.183. The van der Waals surface area contributed by atoms with Crippen LogP contribution in [-0.2, 0) is 16.5 Å². The summed E-state index contributed by atoms with van der Waals surface area (Å²) in [6, 6.07) is 4.31. The van der Waals surface area contributed by atoms with Crippen molar-refractivity contribution in [3.8, 4) is 0 Å². The fourth-order valence-corrected chi connectivity index (χ4v) is 2.35. The van der Waals surface area contributed by atoms with Crippen molar-refractivity contribution in [2.24, 2.45) is 5.73 Å². The van der Waals surface area contributed by atoms with Gasteiger partial charge in [-0.15, -0.1) is 0 Å². The van der Waals surface area contributed by atoms with Gasteiger partial charge in [-0.25, -0.2) is 0 Å². The monoisotopic (exact) mass is 229 g/mol. The molecule has 0 heterocycles. The molecule has 0 saturated carbocycles. The second kappa shape index (κ2) is 4.00. The second-order valence-corrected chi connectivity index (χ2v) is 4.35. The van der Waals surface area contributed by atoms with Gasteiger partial charge >= 0.3 is 0 Å². The van der Waals surface area contributed by atoms with Gasteiger partial charge in [-0.05, 0) is 18.1 Å². The summed E-state index contributed by atoms with van der Waals surface area (Å²) in [5, 5.41) is 0. The first kappa shape index (κ1) is 11.7. The number of rotatable bonds is 3. The van der Waals surface area contributed by atoms with E-state index in [0.29, 0.717) is 12.0 Å². The largest absolute Gasteiger partial charge is 0.366 e. The predicted molar refractivity (Wildman–Crippen MR) is 54.2 cm³/mol. The molecule has 1 rings (SSSR count). The second-order valence-electron chi connectivity index (χ2n) is 2.99. The smallest absolute Gasteiger partial charge is 0.295 e. The van der Waals surface area contributed by atoms with Gasteiger partial charge in [-0.1, -0.05) is 19.1 Å². The molecule has 1 aromatic rings. The van der Waals surface area contributed by atoms with E-state index in [1.807, 2.05) is 0 Å². The molecule has 15 heavy (non-hydrogen) atoms. The Kier molecular flexibility index (Phi) is 3.11. The molecule has 0 fully saturated rings. The molecule has 0 saturated heterocycles. The third kappa shape index (κ3) is 2.34. The number of nitrogens with two attached hydrogens (primary N) is 1. The van der Waals surface area contributed by atoms with E-state index in [0.717, 1.165) is 0 Å². The van der Waals surface area contributed by atoms with Crippen LogP contribution >= 0.6 is 0 Å². The van der Waals surface area contributed by atoms with Gasteiger partial charge in [0.1, 0.15) is 4.90 Å². The zero-order chi connectivity index (χ0) is 11.6. The maximum absolute atomic E-state index is 11.1. The maximum Gasteiger partial charge on any atom is 0.295 e. The van der Waals surface area contributed by atoms with Crippen molar-refractivity contribution in [2.45, 2.75) is 18.2 Å². The molecule has 5 nitrogen and oxygen atoms in total. The number of hydrogen-bond acceptors (Lipinski definition) is 3. The van der Waals surface area contributed by atoms with Gasteiger partial charge < -0.3 is 5.73 Å². The van der Waals surface area contributed by atoms with Gasteiger partial charge in [0.15, 0.2) is 0 Å². The van der Waals surface area contributed by atoms with Gasteiger partial charge in [-0.2, -0.15) is 8.42 Å². The third-order valence-electron chi connectivity index (χ3n) is 2.00. The molecule has 0 atom stereocenters. The first-order valence-corrected chi connectivity index (χ1v) is 5.71. The summed E-state index contributed by atoms with van der Waals surface area (Å²) in [7, 11) is -4.42. The minimum Gasteiger partial charge on any atom is -0.366 e. The molecule has 0 aromatic heterocycles. The number of carbonyl (C=O) groups is 1. The Hall–Kier alpha value is -1.40. The van der Waals surface area contributed by atoms with Crippen molar-refractivity contribution >= 4 is 16.0 Å². The number of hydrogen-bond donors (Lipinski definition) is 2. The maximum atomic E-state index is 11.1. The van der Waals surface area contributed by atoms with E-state index in [1.165, 1.54) is 18.2 Å². The summed E-state index contributed by atoms with van der Waals surface area (Å²) in [4.78, 5) is 10.6. The first-order chi connectivity index (χ1) is 6.88. The topological polar surface area (TPSA) is 97.5 Å². The average molecular weight is 229 g/mol. The van der Waals surface area contributed by atoms with E-state index < -0.39 is 16.0 Å². The molecular weight excluding hydrogens is 218 g/mol. The van der Waals surface area contributed by atoms with Gasteiger partial charge in [-0.3, -0.25) is 9.35 Å². The molecule has 0 bridgehead atoms. The van der Waals surface area contributed by atoms with Crippen LogP contribution in [0.2, 0.25) is 0 Å². The Labute approximate surface area is 87.7 Å². The van der Waals surface area contributed by atoms with E-state index in [-0.39, 0.29) is 10.5 Å². The molecule has 1 amide bonds. The summed E-state index contributed by atoms with van der Waals surface area (Å²) >= 11 is 0. The Morgan fingerprint density at radius 1 is 1.47 bits per heavy atom. The molecule has 3 N–H and O–H groups in total. The minimum atomic E-state index is -4.42. The van der Waals surface area contributed by atoms with E-state index in [4.69, 9.17) is 10.3 Å². The zero-order valence-electron chi connectivity index (χ0n) is 8.10. The lowest BCUT2D eigenvalue weighted by Gasteiger charge is -2.08. The fraction of sp³-hybridized carbons (Fsp3) is 0.222. The van der Waals surface area contributed by atoms with Crippen molar-refractivity contribution in [3.05, 3.63) is 29.3 Å². The summed E-state index contributed by atoms with van der Waals surface area (Å²) in [6.45, 7) is 1.72. The fourth-order valence-electron chi connectivity index (χ4n) is 1.36. The lowest BCUT2D eigenvalue weighted by molar-refractivity contribution is 0.0996. The molecule has 0 aliphatic carbocycles. The van der Waals surface area contributed by atoms with Crippen LogP contribution in [0.5, 0.6) is 0 Å². The number of primary amides is 1. The molecule has 0 aliphatic heterocycles. The van der Waals surface area contributed by atoms with Crippen molar-refractivity contribution in [3.63, 3.8) is 0 Å². The van der Waals surface area contributed by atoms with E-state index in [1.54, 1.807) is 6.92 Å². The lowest BCUT2D eigenvalue weighted by Crippen LogP contribution is -2.17. The Balaban J connectivity index is 3.63.